The predicted octanol–water partition coefficient (Wildman–Crippen LogP) is 2.58. The molecule has 0 saturated heterocycles. The number of rotatable bonds is 2. The summed E-state index contributed by atoms with van der Waals surface area (Å²) in [7, 11) is 0. The third-order valence-corrected chi connectivity index (χ3v) is 1.70. The highest BCUT2D eigenvalue weighted by Gasteiger charge is 1.98. The average Bonchev–Trinajstić information content (AvgIpc) is 2.02. The Morgan fingerprint density at radius 2 is 2.23 bits per heavy atom. The molecule has 1 aromatic rings. The Kier molecular flexibility index (Phi) is 3.03. The normalized spacial score (nSPS) is 10.6. The van der Waals surface area contributed by atoms with Gasteiger partial charge in [0.05, 0.1) is 5.02 Å². The van der Waals surface area contributed by atoms with Gasteiger partial charge in [0.1, 0.15) is 5.82 Å². The van der Waals surface area contributed by atoms with Gasteiger partial charge in [-0.2, -0.15) is 0 Å². The van der Waals surface area contributed by atoms with E-state index in [0.717, 1.165) is 12.1 Å². The molecule has 0 heterocycles. The molecule has 0 saturated carbocycles. The molecule has 4 heteroatoms. The van der Waals surface area contributed by atoms with Gasteiger partial charge in [-0.3, -0.25) is 0 Å². The number of halogens is 2. The predicted molar refractivity (Wildman–Crippen MR) is 48.1 cm³/mol. The summed E-state index contributed by atoms with van der Waals surface area (Å²) in [5, 5.41) is 8.51. The maximum atomic E-state index is 12.5. The standard InChI is InChI=1S/C9H6ClFO2/c10-8-5-7(11)3-1-6(8)2-4-9(12)13/h1-5H,(H,12,13). The van der Waals surface area contributed by atoms with Crippen LogP contribution in [-0.2, 0) is 4.79 Å². The molecule has 0 aliphatic heterocycles. The Morgan fingerprint density at radius 1 is 1.54 bits per heavy atom. The van der Waals surface area contributed by atoms with Crippen molar-refractivity contribution in [2.75, 3.05) is 0 Å². The number of carboxylic acid groups (broad SMARTS) is 1. The van der Waals surface area contributed by atoms with E-state index in [1.54, 1.807) is 0 Å². The molecule has 0 atom stereocenters. The average molecular weight is 201 g/mol. The number of aliphatic carboxylic acids is 1. The van der Waals surface area contributed by atoms with E-state index >= 15 is 0 Å². The molecule has 0 unspecified atom stereocenters. The van der Waals surface area contributed by atoms with E-state index in [9.17, 15) is 9.18 Å². The molecule has 0 radical (unpaired) electrons. The molecule has 0 aliphatic carbocycles. The summed E-state index contributed by atoms with van der Waals surface area (Å²) in [6, 6.07) is 3.76. The molecule has 1 aromatic carbocycles. The smallest absolute Gasteiger partial charge is 0.328 e. The van der Waals surface area contributed by atoms with Gasteiger partial charge in [-0.05, 0) is 23.8 Å². The van der Waals surface area contributed by atoms with Gasteiger partial charge < -0.3 is 5.11 Å². The molecule has 13 heavy (non-hydrogen) atoms. The summed E-state index contributed by atoms with van der Waals surface area (Å²) >= 11 is 5.63. The first kappa shape index (κ1) is 9.74. The second kappa shape index (κ2) is 4.05. The van der Waals surface area contributed by atoms with Crippen molar-refractivity contribution in [1.82, 2.24) is 0 Å². The maximum Gasteiger partial charge on any atom is 0.328 e. The SMILES string of the molecule is O=C(O)C=Cc1ccc(F)cc1Cl. The third kappa shape index (κ3) is 2.87. The van der Waals surface area contributed by atoms with E-state index < -0.39 is 11.8 Å². The lowest BCUT2D eigenvalue weighted by atomic mass is 10.2. The fourth-order valence-electron chi connectivity index (χ4n) is 0.798. The Morgan fingerprint density at radius 3 is 2.77 bits per heavy atom. The Hall–Kier alpha value is -1.35. The topological polar surface area (TPSA) is 37.3 Å². The lowest BCUT2D eigenvalue weighted by molar-refractivity contribution is -0.131. The molecule has 68 valence electrons. The zero-order chi connectivity index (χ0) is 9.84. The molecule has 0 aliphatic rings. The van der Waals surface area contributed by atoms with Crippen LogP contribution in [0, 0.1) is 5.82 Å². The van der Waals surface area contributed by atoms with Crippen molar-refractivity contribution in [2.45, 2.75) is 0 Å². The molecular formula is C9H6ClFO2. The van der Waals surface area contributed by atoms with Crippen molar-refractivity contribution in [1.29, 1.82) is 0 Å². The van der Waals surface area contributed by atoms with E-state index in [1.165, 1.54) is 18.2 Å². The third-order valence-electron chi connectivity index (χ3n) is 1.37. The lowest BCUT2D eigenvalue weighted by Gasteiger charge is -1.96. The van der Waals surface area contributed by atoms with E-state index in [-0.39, 0.29) is 5.02 Å². The number of carboxylic acids is 1. The van der Waals surface area contributed by atoms with Crippen LogP contribution in [0.4, 0.5) is 4.39 Å². The van der Waals surface area contributed by atoms with Crippen LogP contribution >= 0.6 is 11.6 Å². The van der Waals surface area contributed by atoms with E-state index in [2.05, 4.69) is 0 Å². The van der Waals surface area contributed by atoms with Crippen LogP contribution in [0.3, 0.4) is 0 Å². The first-order valence-corrected chi connectivity index (χ1v) is 3.83. The van der Waals surface area contributed by atoms with Crippen LogP contribution in [0.15, 0.2) is 24.3 Å². The van der Waals surface area contributed by atoms with Crippen molar-refractivity contribution in [3.63, 3.8) is 0 Å². The lowest BCUT2D eigenvalue weighted by Crippen LogP contribution is -1.86. The summed E-state index contributed by atoms with van der Waals surface area (Å²) in [6.07, 6.45) is 2.25. The second-order valence-corrected chi connectivity index (χ2v) is 2.74. The van der Waals surface area contributed by atoms with Crippen molar-refractivity contribution in [3.05, 3.63) is 40.7 Å². The van der Waals surface area contributed by atoms with Crippen LogP contribution in [-0.4, -0.2) is 11.1 Å². The Labute approximate surface area is 79.3 Å². The highest BCUT2D eigenvalue weighted by molar-refractivity contribution is 6.32. The first-order valence-electron chi connectivity index (χ1n) is 3.45. The van der Waals surface area contributed by atoms with Crippen LogP contribution in [0.1, 0.15) is 5.56 Å². The van der Waals surface area contributed by atoms with Gasteiger partial charge in [0, 0.05) is 6.08 Å². The van der Waals surface area contributed by atoms with E-state index in [4.69, 9.17) is 16.7 Å². The van der Waals surface area contributed by atoms with Crippen molar-refractivity contribution < 1.29 is 14.3 Å². The summed E-state index contributed by atoms with van der Waals surface area (Å²) in [5.74, 6) is -1.52. The Balaban J connectivity index is 2.96. The van der Waals surface area contributed by atoms with E-state index in [0.29, 0.717) is 5.56 Å². The van der Waals surface area contributed by atoms with Crippen LogP contribution in [0.2, 0.25) is 5.02 Å². The fraction of sp³-hybridized carbons (Fsp3) is 0. The number of carbonyl (C=O) groups is 1. The highest BCUT2D eigenvalue weighted by atomic mass is 35.5. The number of benzene rings is 1. The second-order valence-electron chi connectivity index (χ2n) is 2.34. The van der Waals surface area contributed by atoms with Gasteiger partial charge in [0.2, 0.25) is 0 Å². The van der Waals surface area contributed by atoms with Gasteiger partial charge in [0.25, 0.3) is 0 Å². The maximum absolute atomic E-state index is 12.5. The van der Waals surface area contributed by atoms with Gasteiger partial charge in [-0.15, -0.1) is 0 Å². The molecule has 0 bridgehead atoms. The minimum atomic E-state index is -1.07. The minimum Gasteiger partial charge on any atom is -0.478 e. The number of hydrogen-bond acceptors (Lipinski definition) is 1. The molecule has 0 aromatic heterocycles. The molecule has 1 N–H and O–H groups in total. The summed E-state index contributed by atoms with van der Waals surface area (Å²) in [5.41, 5.74) is 0.477. The summed E-state index contributed by atoms with van der Waals surface area (Å²) < 4.78 is 12.5. The monoisotopic (exact) mass is 200 g/mol. The van der Waals surface area contributed by atoms with Crippen LogP contribution in [0.5, 0.6) is 0 Å². The highest BCUT2D eigenvalue weighted by Crippen LogP contribution is 2.18. The molecule has 0 fully saturated rings. The first-order chi connectivity index (χ1) is 6.09. The molecule has 2 nitrogen and oxygen atoms in total. The zero-order valence-corrected chi connectivity index (χ0v) is 7.25. The Bertz CT molecular complexity index is 361. The van der Waals surface area contributed by atoms with Gasteiger partial charge in [-0.25, -0.2) is 9.18 Å². The fourth-order valence-corrected chi connectivity index (χ4v) is 1.03. The number of hydrogen-bond donors (Lipinski definition) is 1. The minimum absolute atomic E-state index is 0.192. The summed E-state index contributed by atoms with van der Waals surface area (Å²) in [6.45, 7) is 0. The molecular weight excluding hydrogens is 195 g/mol. The quantitative estimate of drug-likeness (QED) is 0.745. The van der Waals surface area contributed by atoms with Crippen LogP contribution in [0.25, 0.3) is 6.08 Å². The molecule has 1 rings (SSSR count). The summed E-state index contributed by atoms with van der Waals surface area (Å²) in [4.78, 5) is 10.1. The van der Waals surface area contributed by atoms with Crippen molar-refractivity contribution in [2.24, 2.45) is 0 Å². The van der Waals surface area contributed by atoms with Gasteiger partial charge in [0.15, 0.2) is 0 Å². The van der Waals surface area contributed by atoms with Crippen molar-refractivity contribution in [3.8, 4) is 0 Å². The molecule has 0 spiro atoms. The van der Waals surface area contributed by atoms with Gasteiger partial charge >= 0.3 is 5.97 Å². The van der Waals surface area contributed by atoms with E-state index in [1.807, 2.05) is 0 Å². The molecule has 0 amide bonds. The van der Waals surface area contributed by atoms with Crippen LogP contribution < -0.4 is 0 Å². The van der Waals surface area contributed by atoms with Crippen molar-refractivity contribution >= 4 is 23.6 Å². The van der Waals surface area contributed by atoms with Gasteiger partial charge in [-0.1, -0.05) is 17.7 Å². The largest absolute Gasteiger partial charge is 0.478 e. The zero-order valence-electron chi connectivity index (χ0n) is 6.50.